The van der Waals surface area contributed by atoms with E-state index in [1.165, 1.54) is 0 Å². The molecule has 1 aromatic heterocycles. The molecule has 23 heavy (non-hydrogen) atoms. The average molecular weight is 324 g/mol. The number of methoxy groups -OCH3 is 1. The monoisotopic (exact) mass is 324 g/mol. The summed E-state index contributed by atoms with van der Waals surface area (Å²) in [5.74, 6) is 2.01. The minimum absolute atomic E-state index is 0.164. The van der Waals surface area contributed by atoms with Gasteiger partial charge in [-0.1, -0.05) is 5.16 Å². The van der Waals surface area contributed by atoms with Crippen molar-refractivity contribution in [1.29, 1.82) is 0 Å². The highest BCUT2D eigenvalue weighted by Crippen LogP contribution is 2.26. The van der Waals surface area contributed by atoms with Crippen molar-refractivity contribution in [2.45, 2.75) is 31.9 Å². The van der Waals surface area contributed by atoms with Crippen LogP contribution < -0.4 is 0 Å². The van der Waals surface area contributed by atoms with E-state index in [1.54, 1.807) is 0 Å². The summed E-state index contributed by atoms with van der Waals surface area (Å²) in [6.07, 6.45) is 2.46. The number of hydrogen-bond acceptors (Lipinski definition) is 7. The second kappa shape index (κ2) is 7.70. The molecule has 7 heteroatoms. The second-order valence-electron chi connectivity index (χ2n) is 6.66. The lowest BCUT2D eigenvalue weighted by Crippen LogP contribution is -2.50. The Balaban J connectivity index is 1.61. The molecule has 0 aromatic carbocycles. The summed E-state index contributed by atoms with van der Waals surface area (Å²) >= 11 is 0. The Kier molecular flexibility index (Phi) is 5.63. The molecule has 0 amide bonds. The molecule has 1 aromatic rings. The highest BCUT2D eigenvalue weighted by atomic mass is 16.5. The molecule has 2 atom stereocenters. The van der Waals surface area contributed by atoms with E-state index in [1.807, 2.05) is 14.0 Å². The Bertz CT molecular complexity index is 489. The van der Waals surface area contributed by atoms with Gasteiger partial charge in [0.25, 0.3) is 0 Å². The first-order chi connectivity index (χ1) is 11.2. The summed E-state index contributed by atoms with van der Waals surface area (Å²) in [5, 5.41) is 3.93. The van der Waals surface area contributed by atoms with Gasteiger partial charge in [0.05, 0.1) is 6.10 Å². The molecule has 7 nitrogen and oxygen atoms in total. The van der Waals surface area contributed by atoms with E-state index < -0.39 is 0 Å². The first kappa shape index (κ1) is 16.8. The predicted molar refractivity (Wildman–Crippen MR) is 85.2 cm³/mol. The third-order valence-electron chi connectivity index (χ3n) is 5.09. The van der Waals surface area contributed by atoms with E-state index in [4.69, 9.17) is 14.0 Å². The van der Waals surface area contributed by atoms with Gasteiger partial charge >= 0.3 is 0 Å². The second-order valence-corrected chi connectivity index (χ2v) is 6.66. The van der Waals surface area contributed by atoms with Gasteiger partial charge in [0.15, 0.2) is 5.82 Å². The van der Waals surface area contributed by atoms with Crippen LogP contribution in [0, 0.1) is 12.8 Å². The zero-order valence-corrected chi connectivity index (χ0v) is 14.4. The SMILES string of the molecule is COC(CN1CCN(C)C(c2nc(C)no2)C1)C1CCOCC1. The molecule has 130 valence electrons. The minimum atomic E-state index is 0.164. The van der Waals surface area contributed by atoms with Crippen LogP contribution >= 0.6 is 0 Å². The quantitative estimate of drug-likeness (QED) is 0.804. The zero-order chi connectivity index (χ0) is 16.2. The lowest BCUT2D eigenvalue weighted by atomic mass is 9.93. The summed E-state index contributed by atoms with van der Waals surface area (Å²) in [4.78, 5) is 9.17. The van der Waals surface area contributed by atoms with Gasteiger partial charge in [-0.15, -0.1) is 0 Å². The Morgan fingerprint density at radius 1 is 1.30 bits per heavy atom. The first-order valence-corrected chi connectivity index (χ1v) is 8.50. The maximum Gasteiger partial charge on any atom is 0.245 e. The zero-order valence-electron chi connectivity index (χ0n) is 14.4. The minimum Gasteiger partial charge on any atom is -0.381 e. The van der Waals surface area contributed by atoms with Crippen molar-refractivity contribution in [2.75, 3.05) is 53.6 Å². The topological polar surface area (TPSA) is 63.9 Å². The highest BCUT2D eigenvalue weighted by Gasteiger charge is 2.32. The molecule has 3 rings (SSSR count). The molecule has 0 spiro atoms. The van der Waals surface area contributed by atoms with Crippen molar-refractivity contribution >= 4 is 0 Å². The van der Waals surface area contributed by atoms with Crippen molar-refractivity contribution in [3.05, 3.63) is 11.7 Å². The van der Waals surface area contributed by atoms with E-state index in [2.05, 4.69) is 27.0 Å². The Morgan fingerprint density at radius 2 is 2.09 bits per heavy atom. The molecule has 2 aliphatic heterocycles. The van der Waals surface area contributed by atoms with Gasteiger partial charge in [-0.3, -0.25) is 9.80 Å². The number of rotatable bonds is 5. The molecule has 0 N–H and O–H groups in total. The summed E-state index contributed by atoms with van der Waals surface area (Å²) in [6.45, 7) is 7.48. The molecule has 0 aliphatic carbocycles. The van der Waals surface area contributed by atoms with Crippen LogP contribution in [0.4, 0.5) is 0 Å². The molecule has 2 unspecified atom stereocenters. The van der Waals surface area contributed by atoms with Crippen LogP contribution in [0.15, 0.2) is 4.52 Å². The van der Waals surface area contributed by atoms with Crippen molar-refractivity contribution < 1.29 is 14.0 Å². The molecule has 0 bridgehead atoms. The van der Waals surface area contributed by atoms with Gasteiger partial charge in [-0.05, 0) is 32.7 Å². The molecule has 0 radical (unpaired) electrons. The van der Waals surface area contributed by atoms with Gasteiger partial charge in [-0.25, -0.2) is 0 Å². The summed E-state index contributed by atoms with van der Waals surface area (Å²) < 4.78 is 16.7. The Labute approximate surface area is 137 Å². The van der Waals surface area contributed by atoms with Gasteiger partial charge < -0.3 is 14.0 Å². The van der Waals surface area contributed by atoms with E-state index >= 15 is 0 Å². The molecule has 3 heterocycles. The number of hydrogen-bond donors (Lipinski definition) is 0. The number of ether oxygens (including phenoxy) is 2. The van der Waals surface area contributed by atoms with E-state index in [-0.39, 0.29) is 12.1 Å². The predicted octanol–water partition coefficient (Wildman–Crippen LogP) is 1.11. The third kappa shape index (κ3) is 4.09. The summed E-state index contributed by atoms with van der Waals surface area (Å²) in [6, 6.07) is 0.164. The maximum atomic E-state index is 5.80. The van der Waals surface area contributed by atoms with Crippen molar-refractivity contribution in [1.82, 2.24) is 19.9 Å². The number of aromatic nitrogens is 2. The van der Waals surface area contributed by atoms with Crippen LogP contribution in [-0.4, -0.2) is 79.6 Å². The standard InChI is InChI=1S/C16H28N4O3/c1-12-17-16(23-18-12)14-10-20(7-6-19(14)2)11-15(21-3)13-4-8-22-9-5-13/h13-15H,4-11H2,1-3H3. The van der Waals surface area contributed by atoms with Crippen LogP contribution in [0.5, 0.6) is 0 Å². The van der Waals surface area contributed by atoms with Crippen molar-refractivity contribution in [3.8, 4) is 0 Å². The van der Waals surface area contributed by atoms with Crippen LogP contribution in [0.25, 0.3) is 0 Å². The summed E-state index contributed by atoms with van der Waals surface area (Å²) in [5.41, 5.74) is 0. The van der Waals surface area contributed by atoms with Crippen molar-refractivity contribution in [2.24, 2.45) is 5.92 Å². The molecular weight excluding hydrogens is 296 g/mol. The fraction of sp³-hybridized carbons (Fsp3) is 0.875. The van der Waals surface area contributed by atoms with Crippen LogP contribution in [0.3, 0.4) is 0 Å². The normalized spacial score (nSPS) is 26.5. The average Bonchev–Trinajstić information content (AvgIpc) is 3.01. The van der Waals surface area contributed by atoms with Gasteiger partial charge in [0, 0.05) is 46.5 Å². The smallest absolute Gasteiger partial charge is 0.245 e. The fourth-order valence-corrected chi connectivity index (χ4v) is 3.57. The number of piperazine rings is 1. The Morgan fingerprint density at radius 3 is 2.74 bits per heavy atom. The van der Waals surface area contributed by atoms with E-state index in [0.717, 1.165) is 58.1 Å². The van der Waals surface area contributed by atoms with Crippen LogP contribution in [0.1, 0.15) is 30.6 Å². The van der Waals surface area contributed by atoms with Gasteiger partial charge in [0.2, 0.25) is 5.89 Å². The molecular formula is C16H28N4O3. The van der Waals surface area contributed by atoms with Crippen LogP contribution in [0.2, 0.25) is 0 Å². The number of aryl methyl sites for hydroxylation is 1. The maximum absolute atomic E-state index is 5.80. The first-order valence-electron chi connectivity index (χ1n) is 8.50. The lowest BCUT2D eigenvalue weighted by Gasteiger charge is -2.40. The number of nitrogens with zero attached hydrogens (tertiary/aromatic N) is 4. The fourth-order valence-electron chi connectivity index (χ4n) is 3.57. The molecule has 2 saturated heterocycles. The van der Waals surface area contributed by atoms with Crippen LogP contribution in [-0.2, 0) is 9.47 Å². The third-order valence-corrected chi connectivity index (χ3v) is 5.09. The lowest BCUT2D eigenvalue weighted by molar-refractivity contribution is -0.0387. The largest absolute Gasteiger partial charge is 0.381 e. The van der Waals surface area contributed by atoms with Gasteiger partial charge in [-0.2, -0.15) is 4.98 Å². The van der Waals surface area contributed by atoms with E-state index in [0.29, 0.717) is 11.7 Å². The molecule has 2 aliphatic rings. The molecule has 2 fully saturated rings. The van der Waals surface area contributed by atoms with Crippen molar-refractivity contribution in [3.63, 3.8) is 0 Å². The van der Waals surface area contributed by atoms with Gasteiger partial charge in [0.1, 0.15) is 6.04 Å². The van der Waals surface area contributed by atoms with E-state index in [9.17, 15) is 0 Å². The number of likely N-dealkylation sites (N-methyl/N-ethyl adjacent to an activating group) is 1. The highest BCUT2D eigenvalue weighted by molar-refractivity contribution is 4.96. The summed E-state index contributed by atoms with van der Waals surface area (Å²) in [7, 11) is 3.95. The Hall–Kier alpha value is -1.02. The molecule has 0 saturated carbocycles.